The highest BCUT2D eigenvalue weighted by Crippen LogP contribution is 2.38. The van der Waals surface area contributed by atoms with Crippen LogP contribution in [0, 0.1) is 28.4 Å². The zero-order valence-corrected chi connectivity index (χ0v) is 9.67. The van der Waals surface area contributed by atoms with Crippen molar-refractivity contribution in [3.8, 4) is 6.07 Å². The Bertz CT molecular complexity index is 516. The molecule has 1 aromatic rings. The van der Waals surface area contributed by atoms with Crippen LogP contribution in [-0.2, 0) is 4.79 Å². The molecule has 0 aliphatic heterocycles. The number of rotatable bonds is 2. The molecule has 2 rings (SSSR count). The number of halogens is 2. The van der Waals surface area contributed by atoms with E-state index in [-0.39, 0.29) is 5.69 Å². The van der Waals surface area contributed by atoms with Crippen LogP contribution in [0.4, 0.5) is 14.5 Å². The lowest BCUT2D eigenvalue weighted by molar-refractivity contribution is -0.122. The van der Waals surface area contributed by atoms with E-state index in [4.69, 9.17) is 5.26 Å². The number of carbonyl (C=O) groups is 1. The highest BCUT2D eigenvalue weighted by molar-refractivity contribution is 5.97. The van der Waals surface area contributed by atoms with E-state index in [9.17, 15) is 13.6 Å². The van der Waals surface area contributed by atoms with Crippen molar-refractivity contribution in [2.24, 2.45) is 5.41 Å². The topological polar surface area (TPSA) is 52.9 Å². The fourth-order valence-corrected chi connectivity index (χ4v) is 2.19. The molecular formula is C13H12F2N2O. The number of benzene rings is 1. The molecule has 0 saturated heterocycles. The quantitative estimate of drug-likeness (QED) is 0.877. The summed E-state index contributed by atoms with van der Waals surface area (Å²) in [5, 5.41) is 11.6. The summed E-state index contributed by atoms with van der Waals surface area (Å²) in [6, 6.07) is 5.17. The van der Waals surface area contributed by atoms with Crippen LogP contribution < -0.4 is 5.32 Å². The van der Waals surface area contributed by atoms with Crippen LogP contribution in [0.3, 0.4) is 0 Å². The van der Waals surface area contributed by atoms with Gasteiger partial charge in [-0.3, -0.25) is 4.79 Å². The van der Waals surface area contributed by atoms with Gasteiger partial charge in [0.25, 0.3) is 0 Å². The zero-order valence-electron chi connectivity index (χ0n) is 9.67. The zero-order chi connectivity index (χ0) is 13.2. The molecule has 1 aromatic carbocycles. The molecule has 18 heavy (non-hydrogen) atoms. The first kappa shape index (κ1) is 12.5. The van der Waals surface area contributed by atoms with Gasteiger partial charge in [0.05, 0.1) is 6.07 Å². The van der Waals surface area contributed by atoms with Gasteiger partial charge in [-0.15, -0.1) is 0 Å². The minimum Gasteiger partial charge on any atom is -0.325 e. The van der Waals surface area contributed by atoms with Crippen molar-refractivity contribution in [2.45, 2.75) is 25.7 Å². The molecule has 0 heterocycles. The largest absolute Gasteiger partial charge is 0.325 e. The summed E-state index contributed by atoms with van der Waals surface area (Å²) in [6.07, 6.45) is 2.69. The Kier molecular flexibility index (Phi) is 3.28. The van der Waals surface area contributed by atoms with Gasteiger partial charge in [-0.05, 0) is 25.0 Å². The minimum absolute atomic E-state index is 0.167. The number of nitrogens with zero attached hydrogens (tertiary/aromatic N) is 1. The molecule has 1 aliphatic rings. The van der Waals surface area contributed by atoms with Crippen LogP contribution in [-0.4, -0.2) is 5.91 Å². The van der Waals surface area contributed by atoms with E-state index in [2.05, 4.69) is 5.32 Å². The minimum atomic E-state index is -1.02. The number of hydrogen-bond donors (Lipinski definition) is 1. The smallest absolute Gasteiger partial charge is 0.244 e. The summed E-state index contributed by atoms with van der Waals surface area (Å²) in [4.78, 5) is 12.0. The lowest BCUT2D eigenvalue weighted by Crippen LogP contribution is -2.32. The highest BCUT2D eigenvalue weighted by atomic mass is 19.2. The van der Waals surface area contributed by atoms with E-state index >= 15 is 0 Å². The number of hydrogen-bond acceptors (Lipinski definition) is 2. The Morgan fingerprint density at radius 2 is 1.94 bits per heavy atom. The van der Waals surface area contributed by atoms with Crippen molar-refractivity contribution in [1.82, 2.24) is 0 Å². The third kappa shape index (κ3) is 2.19. The maximum Gasteiger partial charge on any atom is 0.244 e. The monoisotopic (exact) mass is 250 g/mol. The lowest BCUT2D eigenvalue weighted by Gasteiger charge is -2.19. The van der Waals surface area contributed by atoms with Crippen molar-refractivity contribution < 1.29 is 13.6 Å². The van der Waals surface area contributed by atoms with Gasteiger partial charge in [-0.25, -0.2) is 8.78 Å². The molecule has 1 aliphatic carbocycles. The third-order valence-corrected chi connectivity index (χ3v) is 3.28. The van der Waals surface area contributed by atoms with E-state index in [1.165, 1.54) is 6.07 Å². The van der Waals surface area contributed by atoms with E-state index in [1.807, 2.05) is 6.07 Å². The molecule has 0 radical (unpaired) electrons. The average Bonchev–Trinajstić information content (AvgIpc) is 2.84. The van der Waals surface area contributed by atoms with E-state index in [0.717, 1.165) is 25.0 Å². The first-order valence-electron chi connectivity index (χ1n) is 5.75. The predicted octanol–water partition coefficient (Wildman–Crippen LogP) is 2.99. The first-order chi connectivity index (χ1) is 8.57. The summed E-state index contributed by atoms with van der Waals surface area (Å²) in [7, 11) is 0. The molecule has 1 fully saturated rings. The summed E-state index contributed by atoms with van der Waals surface area (Å²) >= 11 is 0. The molecule has 0 bridgehead atoms. The van der Waals surface area contributed by atoms with Crippen molar-refractivity contribution in [1.29, 1.82) is 5.26 Å². The first-order valence-corrected chi connectivity index (χ1v) is 5.75. The van der Waals surface area contributed by atoms with Crippen LogP contribution in [0.15, 0.2) is 18.2 Å². The molecule has 0 aromatic heterocycles. The summed E-state index contributed by atoms with van der Waals surface area (Å²) in [5.74, 6) is -2.43. The van der Waals surface area contributed by atoms with E-state index < -0.39 is 23.0 Å². The van der Waals surface area contributed by atoms with Crippen LogP contribution in [0.2, 0.25) is 0 Å². The highest BCUT2D eigenvalue weighted by Gasteiger charge is 2.41. The van der Waals surface area contributed by atoms with Gasteiger partial charge in [0.2, 0.25) is 5.91 Å². The number of carbonyl (C=O) groups excluding carboxylic acids is 1. The van der Waals surface area contributed by atoms with Gasteiger partial charge in [0.15, 0.2) is 11.6 Å². The number of amides is 1. The lowest BCUT2D eigenvalue weighted by atomic mass is 9.87. The van der Waals surface area contributed by atoms with Gasteiger partial charge < -0.3 is 5.32 Å². The molecule has 5 heteroatoms. The number of anilines is 1. The molecule has 0 unspecified atom stereocenters. The molecule has 3 nitrogen and oxygen atoms in total. The van der Waals surface area contributed by atoms with Gasteiger partial charge in [0, 0.05) is 11.8 Å². The molecular weight excluding hydrogens is 238 g/mol. The van der Waals surface area contributed by atoms with Crippen molar-refractivity contribution in [3.05, 3.63) is 29.8 Å². The summed E-state index contributed by atoms with van der Waals surface area (Å²) in [5.41, 5.74) is -0.856. The van der Waals surface area contributed by atoms with Crippen LogP contribution >= 0.6 is 0 Å². The second kappa shape index (κ2) is 4.73. The fraction of sp³-hybridized carbons (Fsp3) is 0.385. The van der Waals surface area contributed by atoms with Gasteiger partial charge in [0.1, 0.15) is 5.41 Å². The van der Waals surface area contributed by atoms with Crippen molar-refractivity contribution in [2.75, 3.05) is 5.32 Å². The maximum atomic E-state index is 13.0. The fourth-order valence-electron chi connectivity index (χ4n) is 2.19. The molecule has 0 atom stereocenters. The standard InChI is InChI=1S/C13H12F2N2O/c14-10-4-3-9(7-11(10)15)17-12(18)13(8-16)5-1-2-6-13/h3-4,7H,1-2,5-6H2,(H,17,18). The van der Waals surface area contributed by atoms with Gasteiger partial charge >= 0.3 is 0 Å². The van der Waals surface area contributed by atoms with E-state index in [0.29, 0.717) is 12.8 Å². The average molecular weight is 250 g/mol. The van der Waals surface area contributed by atoms with Crippen LogP contribution in [0.1, 0.15) is 25.7 Å². The van der Waals surface area contributed by atoms with Crippen LogP contribution in [0.25, 0.3) is 0 Å². The number of nitriles is 1. The van der Waals surface area contributed by atoms with Crippen molar-refractivity contribution >= 4 is 11.6 Å². The van der Waals surface area contributed by atoms with Gasteiger partial charge in [-0.1, -0.05) is 12.8 Å². The second-order valence-electron chi connectivity index (χ2n) is 4.48. The Morgan fingerprint density at radius 1 is 1.28 bits per heavy atom. The predicted molar refractivity (Wildman–Crippen MR) is 61.5 cm³/mol. The molecule has 94 valence electrons. The van der Waals surface area contributed by atoms with Gasteiger partial charge in [-0.2, -0.15) is 5.26 Å². The molecule has 1 amide bonds. The van der Waals surface area contributed by atoms with Crippen molar-refractivity contribution in [3.63, 3.8) is 0 Å². The summed E-state index contributed by atoms with van der Waals surface area (Å²) in [6.45, 7) is 0. The Morgan fingerprint density at radius 3 is 2.50 bits per heavy atom. The Balaban J connectivity index is 2.16. The van der Waals surface area contributed by atoms with E-state index in [1.54, 1.807) is 0 Å². The normalized spacial score (nSPS) is 17.2. The SMILES string of the molecule is N#CC1(C(=O)Nc2ccc(F)c(F)c2)CCCC1. The Labute approximate surface area is 103 Å². The maximum absolute atomic E-state index is 13.0. The Hall–Kier alpha value is -1.96. The second-order valence-corrected chi connectivity index (χ2v) is 4.48. The molecule has 1 saturated carbocycles. The van der Waals surface area contributed by atoms with Crippen LogP contribution in [0.5, 0.6) is 0 Å². The molecule has 1 N–H and O–H groups in total. The summed E-state index contributed by atoms with van der Waals surface area (Å²) < 4.78 is 25.7. The number of nitrogens with one attached hydrogen (secondary N) is 1. The molecule has 0 spiro atoms. The third-order valence-electron chi connectivity index (χ3n) is 3.28.